The number of rotatable bonds is 1. The van der Waals surface area contributed by atoms with Gasteiger partial charge in [-0.3, -0.25) is 4.79 Å². The number of nitrogens with zero attached hydrogens (tertiary/aromatic N) is 1. The van der Waals surface area contributed by atoms with E-state index >= 15 is 0 Å². The smallest absolute Gasteiger partial charge is 0.242 e. The van der Waals surface area contributed by atoms with Crippen molar-refractivity contribution in [2.24, 2.45) is 0 Å². The van der Waals surface area contributed by atoms with Crippen molar-refractivity contribution < 1.29 is 4.79 Å². The van der Waals surface area contributed by atoms with Crippen LogP contribution in [0.2, 0.25) is 0 Å². The number of amides is 1. The minimum absolute atomic E-state index is 0.285. The summed E-state index contributed by atoms with van der Waals surface area (Å²) in [5, 5.41) is 3.32. The third-order valence-electron chi connectivity index (χ3n) is 3.80. The molecule has 0 aromatic rings. The van der Waals surface area contributed by atoms with Crippen LogP contribution in [0, 0.1) is 0 Å². The molecule has 0 bridgehead atoms. The van der Waals surface area contributed by atoms with Gasteiger partial charge in [-0.15, -0.1) is 0 Å². The van der Waals surface area contributed by atoms with E-state index in [4.69, 9.17) is 0 Å². The first kappa shape index (κ1) is 10.9. The first-order valence-corrected chi connectivity index (χ1v) is 6.10. The van der Waals surface area contributed by atoms with E-state index in [1.807, 2.05) is 13.8 Å². The normalized spacial score (nSPS) is 32.3. The number of carbonyl (C=O) groups is 1. The molecule has 15 heavy (non-hydrogen) atoms. The van der Waals surface area contributed by atoms with Crippen LogP contribution in [-0.4, -0.2) is 35.0 Å². The van der Waals surface area contributed by atoms with Crippen molar-refractivity contribution in [1.29, 1.82) is 0 Å². The molecule has 0 aromatic heterocycles. The summed E-state index contributed by atoms with van der Waals surface area (Å²) < 4.78 is 0. The number of hydrogen-bond donors (Lipinski definition) is 1. The third kappa shape index (κ3) is 1.89. The van der Waals surface area contributed by atoms with Gasteiger partial charge in [-0.05, 0) is 33.6 Å². The molecule has 1 saturated heterocycles. The molecule has 1 heterocycles. The van der Waals surface area contributed by atoms with Gasteiger partial charge in [0.2, 0.25) is 5.91 Å². The molecule has 0 aromatic carbocycles. The topological polar surface area (TPSA) is 32.3 Å². The van der Waals surface area contributed by atoms with Gasteiger partial charge in [0.25, 0.3) is 0 Å². The van der Waals surface area contributed by atoms with Crippen LogP contribution >= 0.6 is 0 Å². The molecule has 86 valence electrons. The molecule has 1 atom stereocenters. The number of carbonyl (C=O) groups excluding carboxylic acids is 1. The predicted molar refractivity (Wildman–Crippen MR) is 60.6 cm³/mol. The molecule has 1 saturated carbocycles. The zero-order chi connectivity index (χ0) is 11.1. The Bertz CT molecular complexity index is 256. The summed E-state index contributed by atoms with van der Waals surface area (Å²) in [4.78, 5) is 14.5. The van der Waals surface area contributed by atoms with Gasteiger partial charge in [-0.2, -0.15) is 0 Å². The fourth-order valence-corrected chi connectivity index (χ4v) is 2.81. The van der Waals surface area contributed by atoms with Gasteiger partial charge in [-0.25, -0.2) is 0 Å². The molecular weight excluding hydrogens is 188 g/mol. The second kappa shape index (κ2) is 3.78. The van der Waals surface area contributed by atoms with E-state index in [-0.39, 0.29) is 11.4 Å². The molecule has 0 spiro atoms. The van der Waals surface area contributed by atoms with Gasteiger partial charge >= 0.3 is 0 Å². The molecule has 3 heteroatoms. The molecule has 2 aliphatic rings. The van der Waals surface area contributed by atoms with E-state index in [2.05, 4.69) is 17.1 Å². The monoisotopic (exact) mass is 210 g/mol. The Labute approximate surface area is 92.2 Å². The Morgan fingerprint density at radius 1 is 1.33 bits per heavy atom. The molecule has 2 fully saturated rings. The summed E-state index contributed by atoms with van der Waals surface area (Å²) >= 11 is 0. The van der Waals surface area contributed by atoms with E-state index in [0.29, 0.717) is 12.1 Å². The van der Waals surface area contributed by atoms with E-state index in [9.17, 15) is 4.79 Å². The number of hydrogen-bond acceptors (Lipinski definition) is 2. The van der Waals surface area contributed by atoms with Crippen molar-refractivity contribution >= 4 is 5.91 Å². The standard InChI is InChI=1S/C12H22N2O/c1-9-8-13-12(2,3)11(15)14(9)10-6-4-5-7-10/h9-10,13H,4-8H2,1-3H3. The van der Waals surface area contributed by atoms with Gasteiger partial charge in [-0.1, -0.05) is 12.8 Å². The Morgan fingerprint density at radius 3 is 2.53 bits per heavy atom. The maximum Gasteiger partial charge on any atom is 0.242 e. The van der Waals surface area contributed by atoms with Crippen LogP contribution in [0.4, 0.5) is 0 Å². The molecule has 0 radical (unpaired) electrons. The summed E-state index contributed by atoms with van der Waals surface area (Å²) in [7, 11) is 0. The molecule has 1 N–H and O–H groups in total. The molecular formula is C12H22N2O. The summed E-state index contributed by atoms with van der Waals surface area (Å²) in [6.07, 6.45) is 4.97. The summed E-state index contributed by atoms with van der Waals surface area (Å²) in [6.45, 7) is 7.06. The lowest BCUT2D eigenvalue weighted by Gasteiger charge is -2.45. The summed E-state index contributed by atoms with van der Waals surface area (Å²) in [5.41, 5.74) is -0.366. The maximum absolute atomic E-state index is 12.3. The van der Waals surface area contributed by atoms with Crippen LogP contribution in [-0.2, 0) is 4.79 Å². The molecule has 2 rings (SSSR count). The van der Waals surface area contributed by atoms with E-state index in [1.54, 1.807) is 0 Å². The fraction of sp³-hybridized carbons (Fsp3) is 0.917. The second-order valence-electron chi connectivity index (χ2n) is 5.51. The molecule has 1 unspecified atom stereocenters. The fourth-order valence-electron chi connectivity index (χ4n) is 2.81. The van der Waals surface area contributed by atoms with Crippen molar-refractivity contribution in [2.45, 2.75) is 64.1 Å². The second-order valence-corrected chi connectivity index (χ2v) is 5.51. The molecule has 1 aliphatic heterocycles. The highest BCUT2D eigenvalue weighted by Gasteiger charge is 2.42. The average Bonchev–Trinajstić information content (AvgIpc) is 2.66. The molecule has 1 amide bonds. The van der Waals surface area contributed by atoms with Crippen LogP contribution in [0.15, 0.2) is 0 Å². The van der Waals surface area contributed by atoms with Gasteiger partial charge in [0.15, 0.2) is 0 Å². The highest BCUT2D eigenvalue weighted by Crippen LogP contribution is 2.29. The van der Waals surface area contributed by atoms with E-state index in [0.717, 1.165) is 6.54 Å². The largest absolute Gasteiger partial charge is 0.334 e. The Balaban J connectivity index is 2.15. The highest BCUT2D eigenvalue weighted by atomic mass is 16.2. The van der Waals surface area contributed by atoms with Crippen LogP contribution in [0.25, 0.3) is 0 Å². The van der Waals surface area contributed by atoms with Gasteiger partial charge in [0, 0.05) is 18.6 Å². The first-order chi connectivity index (χ1) is 7.02. The van der Waals surface area contributed by atoms with Crippen LogP contribution in [0.1, 0.15) is 46.5 Å². The van der Waals surface area contributed by atoms with Crippen molar-refractivity contribution in [1.82, 2.24) is 10.2 Å². The van der Waals surface area contributed by atoms with Gasteiger partial charge in [0.1, 0.15) is 0 Å². The van der Waals surface area contributed by atoms with E-state index in [1.165, 1.54) is 25.7 Å². The van der Waals surface area contributed by atoms with Crippen molar-refractivity contribution in [3.8, 4) is 0 Å². The Morgan fingerprint density at radius 2 is 1.93 bits per heavy atom. The Kier molecular flexibility index (Phi) is 2.75. The number of piperazine rings is 1. The van der Waals surface area contributed by atoms with E-state index < -0.39 is 0 Å². The minimum Gasteiger partial charge on any atom is -0.334 e. The van der Waals surface area contributed by atoms with Gasteiger partial charge < -0.3 is 10.2 Å². The lowest BCUT2D eigenvalue weighted by Crippen LogP contribution is -2.66. The zero-order valence-corrected chi connectivity index (χ0v) is 10.0. The van der Waals surface area contributed by atoms with Crippen LogP contribution in [0.5, 0.6) is 0 Å². The predicted octanol–water partition coefficient (Wildman–Crippen LogP) is 1.53. The van der Waals surface area contributed by atoms with Crippen molar-refractivity contribution in [3.63, 3.8) is 0 Å². The Hall–Kier alpha value is -0.570. The lowest BCUT2D eigenvalue weighted by molar-refractivity contribution is -0.145. The third-order valence-corrected chi connectivity index (χ3v) is 3.80. The number of nitrogens with one attached hydrogen (secondary N) is 1. The minimum atomic E-state index is -0.366. The van der Waals surface area contributed by atoms with Crippen molar-refractivity contribution in [2.75, 3.05) is 6.54 Å². The molecule has 1 aliphatic carbocycles. The lowest BCUT2D eigenvalue weighted by atomic mass is 9.95. The van der Waals surface area contributed by atoms with Crippen LogP contribution in [0.3, 0.4) is 0 Å². The first-order valence-electron chi connectivity index (χ1n) is 6.10. The summed E-state index contributed by atoms with van der Waals surface area (Å²) in [5.74, 6) is 0.285. The van der Waals surface area contributed by atoms with Crippen LogP contribution < -0.4 is 5.32 Å². The highest BCUT2D eigenvalue weighted by molar-refractivity contribution is 5.86. The van der Waals surface area contributed by atoms with Gasteiger partial charge in [0.05, 0.1) is 5.54 Å². The summed E-state index contributed by atoms with van der Waals surface area (Å²) in [6, 6.07) is 0.863. The zero-order valence-electron chi connectivity index (χ0n) is 10.0. The average molecular weight is 210 g/mol. The quantitative estimate of drug-likeness (QED) is 0.712. The van der Waals surface area contributed by atoms with Crippen molar-refractivity contribution in [3.05, 3.63) is 0 Å². The SMILES string of the molecule is CC1CNC(C)(C)C(=O)N1C1CCCC1. The maximum atomic E-state index is 12.3. The molecule has 3 nitrogen and oxygen atoms in total.